The van der Waals surface area contributed by atoms with Gasteiger partial charge in [-0.3, -0.25) is 4.79 Å². The summed E-state index contributed by atoms with van der Waals surface area (Å²) in [6.45, 7) is 3.30. The summed E-state index contributed by atoms with van der Waals surface area (Å²) in [7, 11) is 0. The molecule has 2 aliphatic rings. The van der Waals surface area contributed by atoms with Crippen molar-refractivity contribution in [2.24, 2.45) is 0 Å². The number of rotatable bonds is 5. The maximum absolute atomic E-state index is 11.6. The Bertz CT molecular complexity index is 334. The maximum atomic E-state index is 11.6. The third-order valence-electron chi connectivity index (χ3n) is 3.54. The average Bonchev–Trinajstić information content (AvgIpc) is 2.17. The molecule has 0 unspecified atom stereocenters. The van der Waals surface area contributed by atoms with E-state index in [9.17, 15) is 9.59 Å². The second kappa shape index (κ2) is 4.27. The first-order valence-corrected chi connectivity index (χ1v) is 5.85. The first-order valence-electron chi connectivity index (χ1n) is 5.85. The molecule has 0 bridgehead atoms. The quantitative estimate of drug-likeness (QED) is 0.604. The van der Waals surface area contributed by atoms with Gasteiger partial charge >= 0.3 is 5.97 Å². The summed E-state index contributed by atoms with van der Waals surface area (Å²) in [6.07, 6.45) is 1.86. The fourth-order valence-electron chi connectivity index (χ4n) is 2.04. The molecule has 1 aliphatic carbocycles. The predicted molar refractivity (Wildman–Crippen MR) is 59.6 cm³/mol. The highest BCUT2D eigenvalue weighted by molar-refractivity contribution is 5.88. The molecule has 0 radical (unpaired) electrons. The highest BCUT2D eigenvalue weighted by Crippen LogP contribution is 2.32. The van der Waals surface area contributed by atoms with Gasteiger partial charge in [-0.1, -0.05) is 0 Å². The summed E-state index contributed by atoms with van der Waals surface area (Å²) < 4.78 is 5.45. The zero-order valence-electron chi connectivity index (χ0n) is 9.91. The Morgan fingerprint density at radius 2 is 2.06 bits per heavy atom. The van der Waals surface area contributed by atoms with E-state index in [0.29, 0.717) is 12.8 Å². The van der Waals surface area contributed by atoms with Crippen LogP contribution in [0.15, 0.2) is 0 Å². The van der Waals surface area contributed by atoms with E-state index in [4.69, 9.17) is 9.84 Å². The zero-order chi connectivity index (χ0) is 12.5. The van der Waals surface area contributed by atoms with Gasteiger partial charge in [-0.05, 0) is 26.2 Å². The summed E-state index contributed by atoms with van der Waals surface area (Å²) in [4.78, 5) is 22.7. The molecule has 0 spiro atoms. The molecule has 6 heteroatoms. The van der Waals surface area contributed by atoms with Crippen molar-refractivity contribution in [3.8, 4) is 0 Å². The SMILES string of the molecule is CC1(OCC(=O)NC2(C(=O)O)CCC2)CNC1. The molecular formula is C11H18N2O4. The first kappa shape index (κ1) is 12.3. The number of carboxylic acid groups (broad SMARTS) is 1. The Morgan fingerprint density at radius 1 is 1.41 bits per heavy atom. The molecule has 6 nitrogen and oxygen atoms in total. The van der Waals surface area contributed by atoms with Crippen LogP contribution < -0.4 is 10.6 Å². The topological polar surface area (TPSA) is 87.7 Å². The molecule has 2 rings (SSSR count). The van der Waals surface area contributed by atoms with Crippen molar-refractivity contribution in [2.45, 2.75) is 37.3 Å². The number of ether oxygens (including phenoxy) is 1. The van der Waals surface area contributed by atoms with Crippen LogP contribution >= 0.6 is 0 Å². The highest BCUT2D eigenvalue weighted by atomic mass is 16.5. The fraction of sp³-hybridized carbons (Fsp3) is 0.818. The van der Waals surface area contributed by atoms with E-state index in [0.717, 1.165) is 19.5 Å². The van der Waals surface area contributed by atoms with Crippen LogP contribution in [0.3, 0.4) is 0 Å². The minimum absolute atomic E-state index is 0.0762. The fourth-order valence-corrected chi connectivity index (χ4v) is 2.04. The zero-order valence-corrected chi connectivity index (χ0v) is 9.91. The van der Waals surface area contributed by atoms with E-state index >= 15 is 0 Å². The van der Waals surface area contributed by atoms with Crippen LogP contribution in [0.25, 0.3) is 0 Å². The van der Waals surface area contributed by atoms with Gasteiger partial charge in [0.15, 0.2) is 0 Å². The minimum Gasteiger partial charge on any atom is -0.480 e. The summed E-state index contributed by atoms with van der Waals surface area (Å²) in [5, 5.41) is 14.7. The summed E-state index contributed by atoms with van der Waals surface area (Å²) >= 11 is 0. The smallest absolute Gasteiger partial charge is 0.329 e. The summed E-state index contributed by atoms with van der Waals surface area (Å²) in [5.74, 6) is -1.30. The molecule has 0 atom stereocenters. The van der Waals surface area contributed by atoms with Crippen LogP contribution in [0.4, 0.5) is 0 Å². The van der Waals surface area contributed by atoms with Crippen molar-refractivity contribution in [3.63, 3.8) is 0 Å². The minimum atomic E-state index is -1.04. The van der Waals surface area contributed by atoms with Crippen molar-refractivity contribution >= 4 is 11.9 Å². The lowest BCUT2D eigenvalue weighted by molar-refractivity contribution is -0.154. The molecule has 3 N–H and O–H groups in total. The van der Waals surface area contributed by atoms with Crippen LogP contribution in [0.1, 0.15) is 26.2 Å². The lowest BCUT2D eigenvalue weighted by Gasteiger charge is -2.40. The number of carbonyl (C=O) groups excluding carboxylic acids is 1. The molecule has 1 saturated heterocycles. The summed E-state index contributed by atoms with van der Waals surface area (Å²) in [6, 6.07) is 0. The van der Waals surface area contributed by atoms with Gasteiger partial charge in [0.2, 0.25) is 5.91 Å². The van der Waals surface area contributed by atoms with E-state index < -0.39 is 11.5 Å². The Hall–Kier alpha value is -1.14. The molecule has 1 aliphatic heterocycles. The van der Waals surface area contributed by atoms with Crippen molar-refractivity contribution in [2.75, 3.05) is 19.7 Å². The lowest BCUT2D eigenvalue weighted by atomic mass is 9.77. The molecule has 1 heterocycles. The standard InChI is InChI=1S/C11H18N2O4/c1-10(6-12-7-10)17-5-8(14)13-11(9(15)16)3-2-4-11/h12H,2-7H2,1H3,(H,13,14)(H,15,16). The predicted octanol–water partition coefficient (Wildman–Crippen LogP) is -0.512. The monoisotopic (exact) mass is 242 g/mol. The molecule has 17 heavy (non-hydrogen) atoms. The van der Waals surface area contributed by atoms with Crippen LogP contribution in [0.2, 0.25) is 0 Å². The third kappa shape index (κ3) is 2.42. The van der Waals surface area contributed by atoms with Gasteiger partial charge in [-0.25, -0.2) is 4.79 Å². The molecule has 1 amide bonds. The maximum Gasteiger partial charge on any atom is 0.329 e. The average molecular weight is 242 g/mol. The van der Waals surface area contributed by atoms with E-state index in [1.807, 2.05) is 6.92 Å². The number of carbonyl (C=O) groups is 2. The normalized spacial score (nSPS) is 24.3. The van der Waals surface area contributed by atoms with Crippen molar-refractivity contribution < 1.29 is 19.4 Å². The van der Waals surface area contributed by atoms with Crippen molar-refractivity contribution in [1.29, 1.82) is 0 Å². The molecule has 0 aromatic carbocycles. The second-order valence-electron chi connectivity index (χ2n) is 5.13. The second-order valence-corrected chi connectivity index (χ2v) is 5.13. The van der Waals surface area contributed by atoms with Crippen molar-refractivity contribution in [1.82, 2.24) is 10.6 Å². The Morgan fingerprint density at radius 3 is 2.41 bits per heavy atom. The Balaban J connectivity index is 1.78. The number of aliphatic carboxylic acids is 1. The molecule has 2 fully saturated rings. The van der Waals surface area contributed by atoms with Gasteiger partial charge < -0.3 is 20.5 Å². The molecule has 0 aromatic rings. The lowest BCUT2D eigenvalue weighted by Crippen LogP contribution is -2.62. The van der Waals surface area contributed by atoms with Crippen LogP contribution in [0, 0.1) is 0 Å². The molecular weight excluding hydrogens is 224 g/mol. The molecule has 96 valence electrons. The first-order chi connectivity index (χ1) is 7.96. The van der Waals surface area contributed by atoms with Gasteiger partial charge in [0.1, 0.15) is 12.1 Å². The number of carboxylic acids is 1. The largest absolute Gasteiger partial charge is 0.480 e. The highest BCUT2D eigenvalue weighted by Gasteiger charge is 2.45. The number of hydrogen-bond donors (Lipinski definition) is 3. The van der Waals surface area contributed by atoms with Gasteiger partial charge in [-0.2, -0.15) is 0 Å². The van der Waals surface area contributed by atoms with Crippen LogP contribution in [-0.2, 0) is 14.3 Å². The van der Waals surface area contributed by atoms with Crippen molar-refractivity contribution in [3.05, 3.63) is 0 Å². The van der Waals surface area contributed by atoms with Crippen LogP contribution in [-0.4, -0.2) is 47.8 Å². The van der Waals surface area contributed by atoms with Gasteiger partial charge in [0, 0.05) is 13.1 Å². The summed E-state index contributed by atoms with van der Waals surface area (Å²) in [5.41, 5.74) is -1.33. The van der Waals surface area contributed by atoms with Gasteiger partial charge in [-0.15, -0.1) is 0 Å². The molecule has 0 aromatic heterocycles. The van der Waals surface area contributed by atoms with Gasteiger partial charge in [0.05, 0.1) is 5.60 Å². The Labute approximate surface area is 99.7 Å². The van der Waals surface area contributed by atoms with E-state index in [1.54, 1.807) is 0 Å². The molecule has 1 saturated carbocycles. The number of nitrogens with one attached hydrogen (secondary N) is 2. The Kier molecular flexibility index (Phi) is 3.09. The van der Waals surface area contributed by atoms with E-state index in [1.165, 1.54) is 0 Å². The number of amides is 1. The third-order valence-corrected chi connectivity index (χ3v) is 3.54. The van der Waals surface area contributed by atoms with Crippen LogP contribution in [0.5, 0.6) is 0 Å². The van der Waals surface area contributed by atoms with E-state index in [2.05, 4.69) is 10.6 Å². The van der Waals surface area contributed by atoms with E-state index in [-0.39, 0.29) is 18.1 Å². The number of hydrogen-bond acceptors (Lipinski definition) is 4. The van der Waals surface area contributed by atoms with Gasteiger partial charge in [0.25, 0.3) is 0 Å².